The van der Waals surface area contributed by atoms with E-state index in [-0.39, 0.29) is 11.6 Å². The van der Waals surface area contributed by atoms with Crippen LogP contribution in [0.3, 0.4) is 0 Å². The fourth-order valence-electron chi connectivity index (χ4n) is 2.69. The molecule has 1 heterocycles. The third-order valence-corrected chi connectivity index (χ3v) is 4.06. The number of carbonyl (C=O) groups is 2. The average molecular weight is 369 g/mol. The topological polar surface area (TPSA) is 65.0 Å². The fourth-order valence-corrected chi connectivity index (χ4v) is 2.69. The van der Waals surface area contributed by atoms with E-state index >= 15 is 0 Å². The molecule has 0 saturated heterocycles. The Morgan fingerprint density at radius 3 is 2.25 bits per heavy atom. The van der Waals surface area contributed by atoms with Crippen LogP contribution in [0.15, 0.2) is 95.6 Å². The van der Waals surface area contributed by atoms with Crippen LogP contribution in [0.4, 0.5) is 0 Å². The fraction of sp³-hybridized carbons (Fsp3) is 0. The highest BCUT2D eigenvalue weighted by Gasteiger charge is 2.24. The normalized spacial score (nSPS) is 14.5. The van der Waals surface area contributed by atoms with Crippen molar-refractivity contribution in [3.05, 3.63) is 107 Å². The zero-order chi connectivity index (χ0) is 19.3. The monoisotopic (exact) mass is 369 g/mol. The van der Waals surface area contributed by atoms with Gasteiger partial charge in [-0.25, -0.2) is 14.6 Å². The Morgan fingerprint density at radius 2 is 1.50 bits per heavy atom. The number of hydrogen-bond donors (Lipinski definition) is 0. The molecule has 0 aliphatic carbocycles. The second-order valence-electron chi connectivity index (χ2n) is 6.00. The van der Waals surface area contributed by atoms with Crippen LogP contribution in [-0.2, 0) is 9.53 Å². The molecule has 0 N–H and O–H groups in total. The molecule has 1 aliphatic heterocycles. The standard InChI is InChI=1S/C23H15NO4/c25-22(17-11-5-2-6-12-17)27-20-14-8-7-13-18(20)15-19-23(26)28-21(24-19)16-9-3-1-4-10-16/h1-15H. The average Bonchev–Trinajstić information content (AvgIpc) is 3.11. The van der Waals surface area contributed by atoms with Gasteiger partial charge in [-0.2, -0.15) is 0 Å². The Balaban J connectivity index is 1.63. The molecule has 0 bridgehead atoms. The Hall–Kier alpha value is -3.99. The molecule has 136 valence electrons. The maximum atomic E-state index is 12.3. The Bertz CT molecular complexity index is 1090. The van der Waals surface area contributed by atoms with Gasteiger partial charge in [-0.3, -0.25) is 0 Å². The van der Waals surface area contributed by atoms with Gasteiger partial charge in [-0.1, -0.05) is 54.6 Å². The molecule has 0 atom stereocenters. The smallest absolute Gasteiger partial charge is 0.363 e. The van der Waals surface area contributed by atoms with E-state index in [1.165, 1.54) is 0 Å². The van der Waals surface area contributed by atoms with E-state index in [1.807, 2.05) is 36.4 Å². The Kier molecular flexibility index (Phi) is 4.80. The summed E-state index contributed by atoms with van der Waals surface area (Å²) in [6.07, 6.45) is 1.55. The van der Waals surface area contributed by atoms with Gasteiger partial charge >= 0.3 is 11.9 Å². The third kappa shape index (κ3) is 3.73. The van der Waals surface area contributed by atoms with E-state index < -0.39 is 11.9 Å². The summed E-state index contributed by atoms with van der Waals surface area (Å²) in [4.78, 5) is 28.8. The molecule has 0 aromatic heterocycles. The lowest BCUT2D eigenvalue weighted by molar-refractivity contribution is -0.129. The van der Waals surface area contributed by atoms with E-state index in [0.717, 1.165) is 0 Å². The molecule has 0 saturated carbocycles. The van der Waals surface area contributed by atoms with Crippen molar-refractivity contribution in [2.75, 3.05) is 0 Å². The number of ether oxygens (including phenoxy) is 2. The van der Waals surface area contributed by atoms with E-state index in [1.54, 1.807) is 54.6 Å². The summed E-state index contributed by atoms with van der Waals surface area (Å²) in [6, 6.07) is 24.8. The first-order chi connectivity index (χ1) is 13.7. The lowest BCUT2D eigenvalue weighted by Crippen LogP contribution is -2.09. The first-order valence-corrected chi connectivity index (χ1v) is 8.65. The van der Waals surface area contributed by atoms with Gasteiger partial charge in [-0.05, 0) is 36.4 Å². The molecule has 3 aromatic carbocycles. The van der Waals surface area contributed by atoms with Crippen LogP contribution in [0, 0.1) is 0 Å². The molecule has 0 spiro atoms. The lowest BCUT2D eigenvalue weighted by atomic mass is 10.1. The zero-order valence-corrected chi connectivity index (χ0v) is 14.7. The molecule has 4 rings (SSSR count). The van der Waals surface area contributed by atoms with Gasteiger partial charge in [0.25, 0.3) is 0 Å². The van der Waals surface area contributed by atoms with Crippen LogP contribution >= 0.6 is 0 Å². The maximum absolute atomic E-state index is 12.3. The molecule has 0 amide bonds. The summed E-state index contributed by atoms with van der Waals surface area (Å²) in [6.45, 7) is 0. The van der Waals surface area contributed by atoms with Gasteiger partial charge < -0.3 is 9.47 Å². The number of aliphatic imine (C=N–C) groups is 1. The molecule has 0 unspecified atom stereocenters. The molecular formula is C23H15NO4. The first-order valence-electron chi connectivity index (χ1n) is 8.65. The third-order valence-electron chi connectivity index (χ3n) is 4.06. The van der Waals surface area contributed by atoms with Crippen LogP contribution in [0.25, 0.3) is 6.08 Å². The number of cyclic esters (lactones) is 1. The minimum absolute atomic E-state index is 0.141. The Morgan fingerprint density at radius 1 is 0.857 bits per heavy atom. The highest BCUT2D eigenvalue weighted by Crippen LogP contribution is 2.25. The van der Waals surface area contributed by atoms with Crippen LogP contribution in [-0.4, -0.2) is 17.8 Å². The van der Waals surface area contributed by atoms with E-state index in [4.69, 9.17) is 9.47 Å². The number of hydrogen-bond acceptors (Lipinski definition) is 5. The summed E-state index contributed by atoms with van der Waals surface area (Å²) in [5.41, 5.74) is 1.84. The second kappa shape index (κ2) is 7.72. The maximum Gasteiger partial charge on any atom is 0.363 e. The highest BCUT2D eigenvalue weighted by molar-refractivity contribution is 6.13. The minimum Gasteiger partial charge on any atom is -0.422 e. The minimum atomic E-state index is -0.553. The van der Waals surface area contributed by atoms with Crippen molar-refractivity contribution in [2.45, 2.75) is 0 Å². The van der Waals surface area contributed by atoms with E-state index in [0.29, 0.717) is 22.4 Å². The van der Waals surface area contributed by atoms with Crippen molar-refractivity contribution in [3.63, 3.8) is 0 Å². The molecule has 1 aliphatic rings. The number of nitrogens with zero attached hydrogens (tertiary/aromatic N) is 1. The summed E-state index contributed by atoms with van der Waals surface area (Å²) >= 11 is 0. The SMILES string of the molecule is O=C1OC(c2ccccc2)=NC1=Cc1ccccc1OC(=O)c1ccccc1. The molecule has 5 heteroatoms. The molecular weight excluding hydrogens is 354 g/mol. The van der Waals surface area contributed by atoms with E-state index in [2.05, 4.69) is 4.99 Å². The molecule has 3 aromatic rings. The lowest BCUT2D eigenvalue weighted by Gasteiger charge is -2.07. The van der Waals surface area contributed by atoms with Gasteiger partial charge in [0.2, 0.25) is 5.90 Å². The van der Waals surface area contributed by atoms with Crippen LogP contribution in [0.2, 0.25) is 0 Å². The quantitative estimate of drug-likeness (QED) is 0.392. The molecule has 0 radical (unpaired) electrons. The first kappa shape index (κ1) is 17.4. The molecule has 5 nitrogen and oxygen atoms in total. The van der Waals surface area contributed by atoms with Crippen LogP contribution in [0.1, 0.15) is 21.5 Å². The van der Waals surface area contributed by atoms with Crippen molar-refractivity contribution in [1.29, 1.82) is 0 Å². The van der Waals surface area contributed by atoms with Crippen molar-refractivity contribution < 1.29 is 19.1 Å². The largest absolute Gasteiger partial charge is 0.422 e. The summed E-state index contributed by atoms with van der Waals surface area (Å²) < 4.78 is 10.8. The number of esters is 2. The highest BCUT2D eigenvalue weighted by atomic mass is 16.6. The zero-order valence-electron chi connectivity index (χ0n) is 14.7. The van der Waals surface area contributed by atoms with Crippen molar-refractivity contribution in [1.82, 2.24) is 0 Å². The van der Waals surface area contributed by atoms with Crippen molar-refractivity contribution >= 4 is 23.9 Å². The second-order valence-corrected chi connectivity index (χ2v) is 6.00. The van der Waals surface area contributed by atoms with Crippen molar-refractivity contribution in [2.24, 2.45) is 4.99 Å². The van der Waals surface area contributed by atoms with Gasteiger partial charge in [0.05, 0.1) is 5.56 Å². The van der Waals surface area contributed by atoms with Gasteiger partial charge in [0, 0.05) is 11.1 Å². The molecule has 0 fully saturated rings. The summed E-state index contributed by atoms with van der Waals surface area (Å²) in [7, 11) is 0. The Labute approximate surface area is 161 Å². The number of benzene rings is 3. The van der Waals surface area contributed by atoms with Gasteiger partial charge in [-0.15, -0.1) is 0 Å². The number of carbonyl (C=O) groups excluding carboxylic acids is 2. The van der Waals surface area contributed by atoms with Crippen LogP contribution < -0.4 is 4.74 Å². The molecule has 28 heavy (non-hydrogen) atoms. The van der Waals surface area contributed by atoms with Crippen LogP contribution in [0.5, 0.6) is 5.75 Å². The predicted molar refractivity (Wildman–Crippen MR) is 105 cm³/mol. The van der Waals surface area contributed by atoms with Gasteiger partial charge in [0.15, 0.2) is 5.70 Å². The van der Waals surface area contributed by atoms with Gasteiger partial charge in [0.1, 0.15) is 5.75 Å². The van der Waals surface area contributed by atoms with E-state index in [9.17, 15) is 9.59 Å². The number of rotatable bonds is 4. The summed E-state index contributed by atoms with van der Waals surface area (Å²) in [5, 5.41) is 0. The number of para-hydroxylation sites is 1. The summed E-state index contributed by atoms with van der Waals surface area (Å²) in [5.74, 6) is -0.451. The van der Waals surface area contributed by atoms with Crippen molar-refractivity contribution in [3.8, 4) is 5.75 Å². The predicted octanol–water partition coefficient (Wildman–Crippen LogP) is 4.25.